The van der Waals surface area contributed by atoms with Crippen LogP contribution in [0.15, 0.2) is 54.6 Å². The van der Waals surface area contributed by atoms with E-state index in [9.17, 15) is 9.90 Å². The van der Waals surface area contributed by atoms with Gasteiger partial charge >= 0.3 is 5.97 Å². The number of ether oxygens (including phenoxy) is 1. The van der Waals surface area contributed by atoms with Crippen LogP contribution >= 0.6 is 90.4 Å². The van der Waals surface area contributed by atoms with E-state index >= 15 is 0 Å². The van der Waals surface area contributed by atoms with Crippen LogP contribution in [0.3, 0.4) is 0 Å². The van der Waals surface area contributed by atoms with Gasteiger partial charge in [0.15, 0.2) is 5.75 Å². The zero-order chi connectivity index (χ0) is 26.0. The van der Waals surface area contributed by atoms with Crippen molar-refractivity contribution in [2.45, 2.75) is 31.7 Å². The molecule has 6 N–H and O–H groups in total. The molecule has 0 aromatic heterocycles. The predicted molar refractivity (Wildman–Crippen MR) is 173 cm³/mol. The van der Waals surface area contributed by atoms with Crippen LogP contribution in [0.4, 0.5) is 0 Å². The Labute approximate surface area is 260 Å². The Morgan fingerprint density at radius 1 is 0.886 bits per heavy atom. The van der Waals surface area contributed by atoms with Crippen molar-refractivity contribution in [3.8, 4) is 17.2 Å². The largest absolute Gasteiger partial charge is 0.506 e. The second-order valence-electron chi connectivity index (χ2n) is 7.61. The summed E-state index contributed by atoms with van der Waals surface area (Å²) >= 11 is 8.42. The Hall–Kier alpha value is -0.430. The van der Waals surface area contributed by atoms with Gasteiger partial charge in [-0.05, 0) is 158 Å². The van der Waals surface area contributed by atoms with Gasteiger partial charge in [0.1, 0.15) is 17.5 Å². The number of phenolic OH excluding ortho intramolecular Hbond substituents is 1. The van der Waals surface area contributed by atoms with E-state index < -0.39 is 12.0 Å². The molecule has 0 aliphatic rings. The van der Waals surface area contributed by atoms with Crippen LogP contribution in [-0.4, -0.2) is 28.8 Å². The number of carbonyl (C=O) groups is 1. The summed E-state index contributed by atoms with van der Waals surface area (Å²) in [6, 6.07) is 16.9. The Bertz CT molecular complexity index is 1080. The van der Waals surface area contributed by atoms with Crippen molar-refractivity contribution < 1.29 is 19.7 Å². The number of phenols is 1. The lowest BCUT2D eigenvalue weighted by molar-refractivity contribution is -0.138. The number of hydrogen-bond donors (Lipinski definition) is 4. The first-order valence-corrected chi connectivity index (χ1v) is 15.0. The van der Waals surface area contributed by atoms with E-state index in [4.69, 9.17) is 21.3 Å². The molecule has 0 fully saturated rings. The third-order valence-electron chi connectivity index (χ3n) is 4.80. The van der Waals surface area contributed by atoms with Crippen LogP contribution in [-0.2, 0) is 17.6 Å². The van der Waals surface area contributed by atoms with Gasteiger partial charge in [0.05, 0.1) is 14.3 Å². The standard InChI is InChI=1S/C15H11I4NO4.C10H15N/c16-8-4-7(5-9(17)13(8)21)24-14-10(18)1-6(2-11(14)19)3-12(20)15(22)23;11-9-5-4-8-10-6-2-1-3-7-10/h1-2,4-5,12,21H,3,20H2,(H,22,23);1-3,6-7H,4-5,8-9,11H2/t12-;/m0./s1. The van der Waals surface area contributed by atoms with E-state index in [2.05, 4.69) is 115 Å². The zero-order valence-electron chi connectivity index (χ0n) is 18.7. The van der Waals surface area contributed by atoms with Crippen molar-refractivity contribution in [1.29, 1.82) is 0 Å². The fraction of sp³-hybridized carbons (Fsp3) is 0.240. The summed E-state index contributed by atoms with van der Waals surface area (Å²) in [5.74, 6) is 0.549. The molecule has 1 atom stereocenters. The van der Waals surface area contributed by atoms with Gasteiger partial charge < -0.3 is 26.4 Å². The average Bonchev–Trinajstić information content (AvgIpc) is 2.81. The minimum Gasteiger partial charge on any atom is -0.506 e. The fourth-order valence-corrected chi connectivity index (χ4v) is 6.83. The Balaban J connectivity index is 0.000000328. The summed E-state index contributed by atoms with van der Waals surface area (Å²) in [4.78, 5) is 10.9. The molecule has 0 saturated heterocycles. The van der Waals surface area contributed by atoms with Gasteiger partial charge in [-0.2, -0.15) is 0 Å². The first-order valence-electron chi connectivity index (χ1n) is 10.7. The summed E-state index contributed by atoms with van der Waals surface area (Å²) in [6.45, 7) is 0.812. The van der Waals surface area contributed by atoms with Gasteiger partial charge in [-0.25, -0.2) is 0 Å². The lowest BCUT2D eigenvalue weighted by Gasteiger charge is -2.14. The van der Waals surface area contributed by atoms with Crippen molar-refractivity contribution in [3.63, 3.8) is 0 Å². The monoisotopic (exact) mass is 926 g/mol. The third-order valence-corrected chi connectivity index (χ3v) is 8.05. The Morgan fingerprint density at radius 2 is 1.46 bits per heavy atom. The maximum atomic E-state index is 10.9. The smallest absolute Gasteiger partial charge is 0.320 e. The van der Waals surface area contributed by atoms with Crippen molar-refractivity contribution in [2.75, 3.05) is 6.54 Å². The van der Waals surface area contributed by atoms with Crippen molar-refractivity contribution in [2.24, 2.45) is 11.5 Å². The number of hydrogen-bond acceptors (Lipinski definition) is 5. The molecule has 0 unspecified atom stereocenters. The highest BCUT2D eigenvalue weighted by molar-refractivity contribution is 14.1. The molecule has 0 heterocycles. The highest BCUT2D eigenvalue weighted by Crippen LogP contribution is 2.36. The van der Waals surface area contributed by atoms with Gasteiger partial charge in [0, 0.05) is 0 Å². The molecule has 0 radical (unpaired) electrons. The van der Waals surface area contributed by atoms with Crippen LogP contribution in [0, 0.1) is 14.3 Å². The molecule has 0 saturated carbocycles. The summed E-state index contributed by atoms with van der Waals surface area (Å²) in [6.07, 6.45) is 3.77. The van der Waals surface area contributed by atoms with Crippen molar-refractivity contribution >= 4 is 96.3 Å². The number of nitrogens with two attached hydrogens (primary N) is 2. The lowest BCUT2D eigenvalue weighted by Crippen LogP contribution is -2.32. The summed E-state index contributed by atoms with van der Waals surface area (Å²) in [5, 5.41) is 18.8. The van der Waals surface area contributed by atoms with Crippen LogP contribution in [0.2, 0.25) is 0 Å². The van der Waals surface area contributed by atoms with E-state index in [0.717, 1.165) is 32.1 Å². The highest BCUT2D eigenvalue weighted by Gasteiger charge is 2.16. The number of unbranched alkanes of at least 4 members (excludes halogenated alkanes) is 1. The van der Waals surface area contributed by atoms with E-state index in [1.165, 1.54) is 12.0 Å². The van der Waals surface area contributed by atoms with E-state index in [1.54, 1.807) is 12.1 Å². The molecule has 6 nitrogen and oxygen atoms in total. The lowest BCUT2D eigenvalue weighted by atomic mass is 10.1. The summed E-state index contributed by atoms with van der Waals surface area (Å²) in [7, 11) is 0. The maximum Gasteiger partial charge on any atom is 0.320 e. The van der Waals surface area contributed by atoms with Crippen molar-refractivity contribution in [3.05, 3.63) is 80.0 Å². The molecule has 10 heteroatoms. The van der Waals surface area contributed by atoms with E-state index in [-0.39, 0.29) is 12.2 Å². The SMILES string of the molecule is NCCCCc1ccccc1.N[C@@H](Cc1cc(I)c(Oc2cc(I)c(O)c(I)c2)c(I)c1)C(=O)O. The molecule has 3 aromatic rings. The predicted octanol–water partition coefficient (Wildman–Crippen LogP) is 6.53. The topological polar surface area (TPSA) is 119 Å². The van der Waals surface area contributed by atoms with Crippen molar-refractivity contribution in [1.82, 2.24) is 0 Å². The number of benzene rings is 3. The maximum absolute atomic E-state index is 10.9. The van der Waals surface area contributed by atoms with Gasteiger partial charge in [-0.15, -0.1) is 0 Å². The second kappa shape index (κ2) is 15.7. The molecule has 0 amide bonds. The average molecular weight is 926 g/mol. The van der Waals surface area contributed by atoms with Crippen LogP contribution < -0.4 is 16.2 Å². The number of halogens is 4. The minimum atomic E-state index is -1.02. The van der Waals surface area contributed by atoms with E-state index in [1.807, 2.05) is 18.2 Å². The summed E-state index contributed by atoms with van der Waals surface area (Å²) < 4.78 is 9.14. The van der Waals surface area contributed by atoms with Crippen LogP contribution in [0.1, 0.15) is 24.0 Å². The number of carboxylic acids is 1. The quantitative estimate of drug-likeness (QED) is 0.144. The normalized spacial score (nSPS) is 11.4. The first kappa shape index (κ1) is 30.8. The van der Waals surface area contributed by atoms with Gasteiger partial charge in [-0.3, -0.25) is 4.79 Å². The van der Waals surface area contributed by atoms with Gasteiger partial charge in [-0.1, -0.05) is 30.3 Å². The van der Waals surface area contributed by atoms with Gasteiger partial charge in [0.2, 0.25) is 0 Å². The minimum absolute atomic E-state index is 0.242. The second-order valence-corrected chi connectivity index (χ2v) is 12.3. The number of aryl methyl sites for hydroxylation is 1. The summed E-state index contributed by atoms with van der Waals surface area (Å²) in [5.41, 5.74) is 13.3. The molecule has 0 aliphatic carbocycles. The molecule has 188 valence electrons. The third kappa shape index (κ3) is 10.5. The number of rotatable bonds is 9. The molecule has 0 aliphatic heterocycles. The molecule has 35 heavy (non-hydrogen) atoms. The molecular weight excluding hydrogens is 900 g/mol. The first-order chi connectivity index (χ1) is 16.6. The Morgan fingerprint density at radius 3 is 1.97 bits per heavy atom. The molecular formula is C25H26I4N2O4. The molecule has 0 bridgehead atoms. The number of aromatic hydroxyl groups is 1. The number of carboxylic acid groups (broad SMARTS) is 1. The molecule has 3 aromatic carbocycles. The molecule has 0 spiro atoms. The van der Waals surface area contributed by atoms with E-state index in [0.29, 0.717) is 18.6 Å². The fourth-order valence-electron chi connectivity index (χ4n) is 3.01. The Kier molecular flexibility index (Phi) is 13.8. The van der Waals surface area contributed by atoms with Crippen LogP contribution in [0.5, 0.6) is 17.2 Å². The molecule has 3 rings (SSSR count). The highest BCUT2D eigenvalue weighted by atomic mass is 127. The number of aliphatic carboxylic acids is 1. The van der Waals surface area contributed by atoms with Gasteiger partial charge in [0.25, 0.3) is 0 Å². The zero-order valence-corrected chi connectivity index (χ0v) is 27.3. The van der Waals surface area contributed by atoms with Crippen LogP contribution in [0.25, 0.3) is 0 Å².